The van der Waals surface area contributed by atoms with Gasteiger partial charge in [-0.05, 0) is 87.1 Å². The van der Waals surface area contributed by atoms with E-state index in [2.05, 4.69) is 58.7 Å². The van der Waals surface area contributed by atoms with Crippen LogP contribution in [0, 0.1) is 0 Å². The standard InChI is InChI=1S/C17H27BN2O.C9H11N.2C2H6/c1-18(21)20-11-5-4-8-17(20)9-10-19-16-12-14-6-2-3-7-15(14)13-16;10-9-5-7-3-1-2-4-8(7)6-9;2*1-2/h2-3,6-7,16-17,19,21H,4-5,8-13H2,1H3;1-4,9H,5-6,10H2;2*1-2H3. The molecule has 5 rings (SSSR count). The first kappa shape index (κ1) is 29.6. The van der Waals surface area contributed by atoms with Crippen molar-refractivity contribution in [2.45, 2.75) is 104 Å². The summed E-state index contributed by atoms with van der Waals surface area (Å²) in [6.45, 7) is 12.0. The van der Waals surface area contributed by atoms with E-state index in [4.69, 9.17) is 5.73 Å². The summed E-state index contributed by atoms with van der Waals surface area (Å²) in [5.74, 6) is 0. The lowest BCUT2D eigenvalue weighted by Gasteiger charge is -2.36. The first-order valence-corrected chi connectivity index (χ1v) is 14.2. The van der Waals surface area contributed by atoms with Crippen LogP contribution in [0.15, 0.2) is 48.5 Å². The van der Waals surface area contributed by atoms with E-state index in [1.54, 1.807) is 0 Å². The molecule has 2 aromatic carbocycles. The molecule has 194 valence electrons. The molecule has 0 saturated carbocycles. The van der Waals surface area contributed by atoms with Gasteiger partial charge in [-0.25, -0.2) is 0 Å². The minimum absolute atomic E-state index is 0.300. The first-order chi connectivity index (χ1) is 17.1. The van der Waals surface area contributed by atoms with Crippen LogP contribution in [0.4, 0.5) is 0 Å². The Bertz CT molecular complexity index is 794. The lowest BCUT2D eigenvalue weighted by molar-refractivity contribution is 0.212. The summed E-state index contributed by atoms with van der Waals surface area (Å²) in [6.07, 6.45) is 9.39. The van der Waals surface area contributed by atoms with Crippen LogP contribution in [0.2, 0.25) is 6.82 Å². The third-order valence-electron chi connectivity index (χ3n) is 7.20. The highest BCUT2D eigenvalue weighted by atomic mass is 16.2. The Morgan fingerprint density at radius 2 is 1.34 bits per heavy atom. The van der Waals surface area contributed by atoms with Crippen LogP contribution in [0.5, 0.6) is 0 Å². The Labute approximate surface area is 215 Å². The highest BCUT2D eigenvalue weighted by Crippen LogP contribution is 2.23. The maximum absolute atomic E-state index is 9.88. The fourth-order valence-electron chi connectivity index (χ4n) is 5.57. The number of piperidine rings is 1. The average Bonchev–Trinajstić information content (AvgIpc) is 3.49. The van der Waals surface area contributed by atoms with Crippen molar-refractivity contribution in [3.63, 3.8) is 0 Å². The number of nitrogens with zero attached hydrogens (tertiary/aromatic N) is 1. The minimum atomic E-state index is -0.300. The molecule has 1 saturated heterocycles. The summed E-state index contributed by atoms with van der Waals surface area (Å²) in [5, 5.41) is 13.6. The van der Waals surface area contributed by atoms with Gasteiger partial charge in [0.1, 0.15) is 0 Å². The van der Waals surface area contributed by atoms with Crippen molar-refractivity contribution in [1.82, 2.24) is 10.1 Å². The largest absolute Gasteiger partial charge is 0.437 e. The van der Waals surface area contributed by atoms with Crippen molar-refractivity contribution in [2.24, 2.45) is 5.73 Å². The van der Waals surface area contributed by atoms with E-state index in [0.717, 1.165) is 32.4 Å². The van der Waals surface area contributed by atoms with Gasteiger partial charge in [0, 0.05) is 18.1 Å². The summed E-state index contributed by atoms with van der Waals surface area (Å²) in [6, 6.07) is 18.8. The molecule has 1 aliphatic heterocycles. The fraction of sp³-hybridized carbons (Fsp3) is 0.600. The van der Waals surface area contributed by atoms with E-state index in [1.165, 1.54) is 54.4 Å². The smallest absolute Gasteiger partial charge is 0.376 e. The topological polar surface area (TPSA) is 61.5 Å². The van der Waals surface area contributed by atoms with Gasteiger partial charge in [0.05, 0.1) is 0 Å². The van der Waals surface area contributed by atoms with Crippen LogP contribution in [0.3, 0.4) is 0 Å². The fourth-order valence-corrected chi connectivity index (χ4v) is 5.57. The van der Waals surface area contributed by atoms with Gasteiger partial charge in [-0.15, -0.1) is 0 Å². The molecule has 0 amide bonds. The van der Waals surface area contributed by atoms with Crippen LogP contribution >= 0.6 is 0 Å². The van der Waals surface area contributed by atoms with Crippen molar-refractivity contribution >= 4 is 7.05 Å². The summed E-state index contributed by atoms with van der Waals surface area (Å²) in [4.78, 5) is 2.27. The van der Waals surface area contributed by atoms with Gasteiger partial charge >= 0.3 is 7.05 Å². The van der Waals surface area contributed by atoms with Gasteiger partial charge in [-0.3, -0.25) is 0 Å². The van der Waals surface area contributed by atoms with E-state index in [1.807, 2.05) is 34.5 Å². The molecule has 0 aromatic heterocycles. The van der Waals surface area contributed by atoms with Gasteiger partial charge in [0.2, 0.25) is 0 Å². The normalized spacial score (nSPS) is 19.2. The highest BCUT2D eigenvalue weighted by molar-refractivity contribution is 6.45. The predicted octanol–water partition coefficient (Wildman–Crippen LogP) is 5.26. The van der Waals surface area contributed by atoms with Crippen LogP contribution in [0.1, 0.15) is 75.6 Å². The molecular formula is C30H50BN3O. The molecule has 1 unspecified atom stereocenters. The molecular weight excluding hydrogens is 429 g/mol. The van der Waals surface area contributed by atoms with Gasteiger partial charge in [0.15, 0.2) is 0 Å². The third-order valence-corrected chi connectivity index (χ3v) is 7.20. The number of hydrogen-bond donors (Lipinski definition) is 3. The minimum Gasteiger partial charge on any atom is -0.437 e. The number of hydrogen-bond acceptors (Lipinski definition) is 4. The number of rotatable bonds is 5. The Hall–Kier alpha value is -1.66. The zero-order chi connectivity index (χ0) is 25.6. The molecule has 0 radical (unpaired) electrons. The van der Waals surface area contributed by atoms with E-state index >= 15 is 0 Å². The highest BCUT2D eigenvalue weighted by Gasteiger charge is 2.28. The van der Waals surface area contributed by atoms with Gasteiger partial charge in [-0.2, -0.15) is 0 Å². The molecule has 2 aliphatic carbocycles. The second kappa shape index (κ2) is 16.2. The lowest BCUT2D eigenvalue weighted by atomic mass is 9.79. The Kier molecular flexibility index (Phi) is 13.7. The first-order valence-electron chi connectivity index (χ1n) is 14.2. The zero-order valence-electron chi connectivity index (χ0n) is 23.0. The second-order valence-corrected chi connectivity index (χ2v) is 9.57. The van der Waals surface area contributed by atoms with Crippen molar-refractivity contribution in [3.8, 4) is 0 Å². The molecule has 1 fully saturated rings. The SMILES string of the molecule is CB(O)N1CCCCC1CCNC1Cc2ccccc2C1.CC.CC.NC1Cc2ccccc2C1. The maximum atomic E-state index is 9.88. The van der Waals surface area contributed by atoms with E-state index in [-0.39, 0.29) is 7.05 Å². The molecule has 4 nitrogen and oxygen atoms in total. The molecule has 0 bridgehead atoms. The van der Waals surface area contributed by atoms with Crippen molar-refractivity contribution in [2.75, 3.05) is 13.1 Å². The van der Waals surface area contributed by atoms with Gasteiger partial charge in [-0.1, -0.05) is 82.6 Å². The third kappa shape index (κ3) is 9.06. The van der Waals surface area contributed by atoms with Crippen LogP contribution in [-0.2, 0) is 25.7 Å². The van der Waals surface area contributed by atoms with E-state index < -0.39 is 0 Å². The average molecular weight is 480 g/mol. The lowest BCUT2D eigenvalue weighted by Crippen LogP contribution is -2.49. The second-order valence-electron chi connectivity index (χ2n) is 9.57. The summed E-state index contributed by atoms with van der Waals surface area (Å²) in [5.41, 5.74) is 11.7. The Morgan fingerprint density at radius 1 is 0.857 bits per heavy atom. The quantitative estimate of drug-likeness (QED) is 0.512. The predicted molar refractivity (Wildman–Crippen MR) is 153 cm³/mol. The zero-order valence-corrected chi connectivity index (χ0v) is 23.0. The molecule has 5 heteroatoms. The molecule has 4 N–H and O–H groups in total. The monoisotopic (exact) mass is 479 g/mol. The van der Waals surface area contributed by atoms with E-state index in [0.29, 0.717) is 18.1 Å². The van der Waals surface area contributed by atoms with Gasteiger partial charge in [0.25, 0.3) is 0 Å². The molecule has 1 atom stereocenters. The Morgan fingerprint density at radius 3 is 1.83 bits per heavy atom. The molecule has 2 aromatic rings. The van der Waals surface area contributed by atoms with E-state index in [9.17, 15) is 5.02 Å². The van der Waals surface area contributed by atoms with Crippen molar-refractivity contribution in [1.29, 1.82) is 0 Å². The summed E-state index contributed by atoms with van der Waals surface area (Å²) >= 11 is 0. The maximum Gasteiger partial charge on any atom is 0.376 e. The number of fused-ring (bicyclic) bond motifs is 2. The Balaban J connectivity index is 0.000000257. The van der Waals surface area contributed by atoms with Crippen LogP contribution in [0.25, 0.3) is 0 Å². The van der Waals surface area contributed by atoms with Crippen LogP contribution < -0.4 is 11.1 Å². The summed E-state index contributed by atoms with van der Waals surface area (Å²) in [7, 11) is -0.300. The molecule has 35 heavy (non-hydrogen) atoms. The molecule has 3 aliphatic rings. The number of nitrogens with two attached hydrogens (primary N) is 1. The van der Waals surface area contributed by atoms with Crippen molar-refractivity contribution < 1.29 is 5.02 Å². The summed E-state index contributed by atoms with van der Waals surface area (Å²) < 4.78 is 0. The molecule has 0 spiro atoms. The number of benzene rings is 2. The number of nitrogens with one attached hydrogen (secondary N) is 1. The molecule has 1 heterocycles. The van der Waals surface area contributed by atoms with Crippen molar-refractivity contribution in [3.05, 3.63) is 70.8 Å². The van der Waals surface area contributed by atoms with Gasteiger partial charge < -0.3 is 20.9 Å². The van der Waals surface area contributed by atoms with Crippen LogP contribution in [-0.4, -0.2) is 48.1 Å².